The molecule has 4 heterocycles. The van der Waals surface area contributed by atoms with Crippen LogP contribution in [0.25, 0.3) is 35.6 Å². The van der Waals surface area contributed by atoms with E-state index in [2.05, 4.69) is 87.8 Å². The molecular weight excluding hydrogens is 813 g/mol. The fraction of sp³-hybridized carbons (Fsp3) is 0.0612. The van der Waals surface area contributed by atoms with E-state index in [1.54, 1.807) is 48.8 Å². The summed E-state index contributed by atoms with van der Waals surface area (Å²) in [5.74, 6) is -0.772. The van der Waals surface area contributed by atoms with E-state index in [1.807, 2.05) is 106 Å². The van der Waals surface area contributed by atoms with Gasteiger partial charge in [0.15, 0.2) is 11.4 Å². The predicted molar refractivity (Wildman–Crippen MR) is 245 cm³/mol. The minimum absolute atomic E-state index is 0.0666. The minimum Gasteiger partial charge on any atom is -0.282 e. The van der Waals surface area contributed by atoms with Crippen molar-refractivity contribution in [2.45, 2.75) is 11.8 Å². The number of rotatable bonds is 11. The summed E-state index contributed by atoms with van der Waals surface area (Å²) in [7, 11) is 0.0611. The lowest BCUT2D eigenvalue weighted by molar-refractivity contribution is -0.646. The summed E-state index contributed by atoms with van der Waals surface area (Å²) in [6.07, 6.45) is 19.6. The van der Waals surface area contributed by atoms with Gasteiger partial charge in [0.25, 0.3) is 33.2 Å². The molecule has 0 aliphatic heterocycles. The van der Waals surface area contributed by atoms with E-state index in [1.165, 1.54) is 12.1 Å². The van der Waals surface area contributed by atoms with Crippen LogP contribution in [-0.2, 0) is 24.2 Å². The lowest BCUT2D eigenvalue weighted by Gasteiger charge is -2.03. The second-order valence-electron chi connectivity index (χ2n) is 14.4. The molecule has 14 heteroatoms. The summed E-state index contributed by atoms with van der Waals surface area (Å²) < 4.78 is 38.0. The number of aromatic nitrogens is 4. The fourth-order valence-electron chi connectivity index (χ4n) is 6.41. The highest BCUT2D eigenvalue weighted by atomic mass is 32.2. The Kier molecular flexibility index (Phi) is 13.3. The average molecular weight is 857 g/mol. The van der Waals surface area contributed by atoms with Crippen LogP contribution in [0.4, 0.5) is 0 Å². The summed E-state index contributed by atoms with van der Waals surface area (Å²) in [5.41, 5.74) is 14.9. The molecule has 0 aliphatic carbocycles. The summed E-state index contributed by atoms with van der Waals surface area (Å²) in [5, 5.41) is 8.18. The molecule has 0 aliphatic rings. The van der Waals surface area contributed by atoms with Crippen LogP contribution in [0.1, 0.15) is 59.9 Å². The first-order chi connectivity index (χ1) is 30.4. The fourth-order valence-corrected chi connectivity index (χ4v) is 6.89. The molecule has 0 spiro atoms. The van der Waals surface area contributed by atoms with Crippen molar-refractivity contribution in [3.63, 3.8) is 0 Å². The van der Waals surface area contributed by atoms with Crippen molar-refractivity contribution in [2.24, 2.45) is 24.3 Å². The molecule has 0 saturated carbocycles. The molecule has 0 unspecified atom stereocenters. The normalized spacial score (nSPS) is 11.8. The van der Waals surface area contributed by atoms with E-state index < -0.39 is 10.1 Å². The number of pyridine rings is 2. The van der Waals surface area contributed by atoms with Gasteiger partial charge in [0.05, 0.1) is 43.8 Å². The third-order valence-electron chi connectivity index (χ3n) is 9.99. The Balaban J connectivity index is 0.000000473. The van der Waals surface area contributed by atoms with Gasteiger partial charge < -0.3 is 0 Å². The van der Waals surface area contributed by atoms with Crippen LogP contribution in [0.2, 0.25) is 0 Å². The Hall–Kier alpha value is -8.07. The molecule has 0 fully saturated rings. The molecule has 0 saturated heterocycles. The molecule has 2 amide bonds. The number of fused-ring (bicyclic) bond motifs is 2. The number of hydrogen-bond acceptors (Lipinski definition) is 6. The number of nitrogens with one attached hydrogen (secondary N) is 2. The second kappa shape index (κ2) is 19.5. The van der Waals surface area contributed by atoms with Crippen LogP contribution in [0.5, 0.6) is 0 Å². The number of imidazole rings is 2. The zero-order valence-electron chi connectivity index (χ0n) is 34.6. The van der Waals surface area contributed by atoms with Gasteiger partial charge in [0.1, 0.15) is 12.4 Å². The van der Waals surface area contributed by atoms with Crippen LogP contribution in [0.15, 0.2) is 173 Å². The zero-order chi connectivity index (χ0) is 44.3. The zero-order valence-corrected chi connectivity index (χ0v) is 35.5. The second-order valence-corrected chi connectivity index (χ2v) is 15.8. The van der Waals surface area contributed by atoms with E-state index in [0.29, 0.717) is 11.1 Å². The van der Waals surface area contributed by atoms with Gasteiger partial charge in [-0.1, -0.05) is 90.5 Å². The van der Waals surface area contributed by atoms with Crippen LogP contribution in [-0.4, -0.2) is 46.0 Å². The molecule has 0 radical (unpaired) electrons. The van der Waals surface area contributed by atoms with E-state index >= 15 is 0 Å². The summed E-state index contributed by atoms with van der Waals surface area (Å²) in [6.45, 7) is 1.84. The van der Waals surface area contributed by atoms with Crippen LogP contribution in [0, 0.1) is 6.92 Å². The van der Waals surface area contributed by atoms with Gasteiger partial charge in [0.2, 0.25) is 0 Å². The molecule has 0 atom stereocenters. The molecule has 314 valence electrons. The maximum absolute atomic E-state index is 12.6. The summed E-state index contributed by atoms with van der Waals surface area (Å²) in [6, 6.07) is 40.2. The molecule has 4 aromatic heterocycles. The molecular formula is C49H44N8O5S+2. The summed E-state index contributed by atoms with van der Waals surface area (Å²) in [4.78, 5) is 25.2. The first-order valence-corrected chi connectivity index (χ1v) is 21.1. The van der Waals surface area contributed by atoms with Gasteiger partial charge in [-0.25, -0.2) is 28.8 Å². The van der Waals surface area contributed by atoms with Gasteiger partial charge in [0, 0.05) is 23.3 Å². The maximum Gasteiger partial charge on any atom is 0.294 e. The Morgan fingerprint density at radius 2 is 0.952 bits per heavy atom. The van der Waals surface area contributed by atoms with Gasteiger partial charge in [-0.3, -0.25) is 14.1 Å². The van der Waals surface area contributed by atoms with Gasteiger partial charge in [-0.2, -0.15) is 18.6 Å². The molecule has 63 heavy (non-hydrogen) atoms. The monoisotopic (exact) mass is 856 g/mol. The Bertz CT molecular complexity index is 2950. The van der Waals surface area contributed by atoms with Crippen molar-refractivity contribution in [2.75, 3.05) is 0 Å². The highest BCUT2D eigenvalue weighted by Gasteiger charge is 2.12. The van der Waals surface area contributed by atoms with E-state index in [4.69, 9.17) is 4.55 Å². The van der Waals surface area contributed by atoms with Gasteiger partial charge in [-0.15, -0.1) is 0 Å². The number of hydrogen-bond donors (Lipinski definition) is 3. The Morgan fingerprint density at radius 3 is 1.33 bits per heavy atom. The van der Waals surface area contributed by atoms with Crippen molar-refractivity contribution in [3.05, 3.63) is 209 Å². The van der Waals surface area contributed by atoms with Crippen molar-refractivity contribution >= 4 is 70.0 Å². The minimum atomic E-state index is -4.02. The van der Waals surface area contributed by atoms with E-state index in [9.17, 15) is 18.0 Å². The van der Waals surface area contributed by atoms with Crippen molar-refractivity contribution < 1.29 is 31.7 Å². The van der Waals surface area contributed by atoms with Gasteiger partial charge >= 0.3 is 0 Å². The molecule has 8 aromatic rings. The summed E-state index contributed by atoms with van der Waals surface area (Å²) >= 11 is 0. The number of carbonyl (C=O) groups excluding carboxylic acids is 2. The Morgan fingerprint density at radius 1 is 0.556 bits per heavy atom. The number of amides is 2. The average Bonchev–Trinajstić information content (AvgIpc) is 3.80. The first kappa shape index (κ1) is 43.0. The SMILES string of the molecule is C[n+]1c(C=Cc2ccc(C=NNC(=O)c3ccc(C(=O)NN=Cc4ccc(C=Cc5cn6ccccc6[n+]5C)cc4)cc3)cc2)cn2ccccc21.Cc1ccc(S(=O)(=O)O)cc1. The van der Waals surface area contributed by atoms with Crippen LogP contribution >= 0.6 is 0 Å². The third kappa shape index (κ3) is 11.2. The standard InChI is InChI=1S/C42H34N8O2.C7H8O3S/c1-47-37(29-49-25-5-3-7-39(47)49)23-17-31-9-13-33(14-10-31)27-43-45-41(51)35-19-21-36(22-20-35)42(52)46-44-28-34-15-11-32(12-16-34)18-24-38-30-50-26-6-4-8-40(50)48(38)2;1-6-2-4-7(5-3-6)11(8,9)10/h3-30H,1-2H3;2-5H,1H3,(H,8,9,10)/p+2. The lowest BCUT2D eigenvalue weighted by atomic mass is 10.1. The van der Waals surface area contributed by atoms with Crippen molar-refractivity contribution in [3.8, 4) is 0 Å². The van der Waals surface area contributed by atoms with Crippen LogP contribution < -0.4 is 20.0 Å². The van der Waals surface area contributed by atoms with E-state index in [-0.39, 0.29) is 16.7 Å². The highest BCUT2D eigenvalue weighted by Crippen LogP contribution is 2.12. The van der Waals surface area contributed by atoms with E-state index in [0.717, 1.165) is 50.5 Å². The molecule has 0 bridgehead atoms. The van der Waals surface area contributed by atoms with Crippen molar-refractivity contribution in [1.29, 1.82) is 0 Å². The molecule has 4 aromatic carbocycles. The molecule has 8 rings (SSSR count). The smallest absolute Gasteiger partial charge is 0.282 e. The van der Waals surface area contributed by atoms with Gasteiger partial charge in [-0.05, 0) is 89.9 Å². The predicted octanol–water partition coefficient (Wildman–Crippen LogP) is 6.95. The Labute approximate surface area is 364 Å². The number of carbonyl (C=O) groups is 2. The lowest BCUT2D eigenvalue weighted by Crippen LogP contribution is -2.29. The topological polar surface area (TPSA) is 154 Å². The number of hydrazone groups is 2. The van der Waals surface area contributed by atoms with Crippen LogP contribution in [0.3, 0.4) is 0 Å². The molecule has 13 nitrogen and oxygen atoms in total. The highest BCUT2D eigenvalue weighted by molar-refractivity contribution is 7.85. The largest absolute Gasteiger partial charge is 0.294 e. The number of benzene rings is 4. The maximum atomic E-state index is 12.6. The quantitative estimate of drug-likeness (QED) is 0.0557. The number of nitrogens with zero attached hydrogens (tertiary/aromatic N) is 6. The van der Waals surface area contributed by atoms with Crippen molar-refractivity contribution in [1.82, 2.24) is 19.7 Å². The molecule has 3 N–H and O–H groups in total. The number of aryl methyl sites for hydroxylation is 3. The first-order valence-electron chi connectivity index (χ1n) is 19.7. The third-order valence-corrected chi connectivity index (χ3v) is 10.9.